The van der Waals surface area contributed by atoms with Gasteiger partial charge in [0.15, 0.2) is 0 Å². The summed E-state index contributed by atoms with van der Waals surface area (Å²) in [4.78, 5) is 10.0. The molecule has 1 N–H and O–H groups in total. The molecule has 0 unspecified atom stereocenters. The number of nitrogens with zero attached hydrogens (tertiary/aromatic N) is 3. The van der Waals surface area contributed by atoms with Gasteiger partial charge in [0.1, 0.15) is 11.6 Å². The average molecular weight is 734 g/mol. The number of phenolic OH excluding ortho intramolecular Hbond substituents is 1. The van der Waals surface area contributed by atoms with Gasteiger partial charge in [0.2, 0.25) is 0 Å². The fourth-order valence-electron chi connectivity index (χ4n) is 5.81. The van der Waals surface area contributed by atoms with Gasteiger partial charge in [-0.1, -0.05) is 119 Å². The van der Waals surface area contributed by atoms with Crippen LogP contribution >= 0.6 is 0 Å². The number of phenols is 1. The van der Waals surface area contributed by atoms with E-state index in [2.05, 4.69) is 89.5 Å². The molecule has 43 heavy (non-hydrogen) atoms. The smallest absolute Gasteiger partial charge is 0.148 e. The van der Waals surface area contributed by atoms with Crippen LogP contribution in [-0.4, -0.2) is 19.6 Å². The van der Waals surface area contributed by atoms with Gasteiger partial charge in [0.05, 0.1) is 16.6 Å². The molecule has 8 aromatic rings. The number of hydrogen-bond donors (Lipinski definition) is 1. The van der Waals surface area contributed by atoms with Crippen LogP contribution in [0, 0.1) is 6.07 Å². The normalized spacial score (nSPS) is 11.2. The van der Waals surface area contributed by atoms with Gasteiger partial charge in [-0.05, 0) is 41.1 Å². The van der Waals surface area contributed by atoms with Crippen LogP contribution in [0.1, 0.15) is 0 Å². The Kier molecular flexibility index (Phi) is 6.85. The van der Waals surface area contributed by atoms with Crippen LogP contribution < -0.4 is 0 Å². The summed E-state index contributed by atoms with van der Waals surface area (Å²) >= 11 is 0. The molecule has 0 amide bonds. The fraction of sp³-hybridized carbons (Fsp3) is 0. The van der Waals surface area contributed by atoms with Crippen LogP contribution in [0.4, 0.5) is 0 Å². The molecule has 0 saturated heterocycles. The maximum atomic E-state index is 10.9. The first-order valence-corrected chi connectivity index (χ1v) is 13.9. The first-order chi connectivity index (χ1) is 20.7. The van der Waals surface area contributed by atoms with Gasteiger partial charge in [-0.15, -0.1) is 17.7 Å². The van der Waals surface area contributed by atoms with Crippen molar-refractivity contribution >= 4 is 32.6 Å². The molecule has 208 valence electrons. The standard InChI is InChI=1S/C38H24N3O.Pt/c42-36-20-9-8-17-32(36)38-40-37-31(18-10-19-35(37)41(38)29-14-2-1-3-15-29)33-22-28(21-26-12-6-7-16-30(26)33)34-23-25-11-4-5-13-27(25)24-39-34;/h1-21,23-24,42H;/q-1;. The Balaban J connectivity index is 0.00000300. The Morgan fingerprint density at radius 3 is 2.16 bits per heavy atom. The largest absolute Gasteiger partial charge is 0.507 e. The van der Waals surface area contributed by atoms with Crippen molar-refractivity contribution < 1.29 is 26.2 Å². The number of hydrogen-bond acceptors (Lipinski definition) is 3. The van der Waals surface area contributed by atoms with E-state index in [-0.39, 0.29) is 26.8 Å². The Morgan fingerprint density at radius 2 is 1.33 bits per heavy atom. The van der Waals surface area contributed by atoms with Crippen LogP contribution in [0.2, 0.25) is 0 Å². The van der Waals surface area contributed by atoms with E-state index in [0.717, 1.165) is 60.6 Å². The van der Waals surface area contributed by atoms with Gasteiger partial charge >= 0.3 is 0 Å². The third kappa shape index (κ3) is 4.61. The van der Waals surface area contributed by atoms with Crippen molar-refractivity contribution in [3.63, 3.8) is 0 Å². The number of fused-ring (bicyclic) bond motifs is 3. The van der Waals surface area contributed by atoms with Gasteiger partial charge in [0, 0.05) is 38.6 Å². The Labute approximate surface area is 263 Å². The number of pyridine rings is 1. The molecular formula is C38H24N3OPt-. The Bertz CT molecular complexity index is 2270. The van der Waals surface area contributed by atoms with Gasteiger partial charge in [0.25, 0.3) is 0 Å². The third-order valence-electron chi connectivity index (χ3n) is 7.81. The van der Waals surface area contributed by atoms with Crippen molar-refractivity contribution in [2.24, 2.45) is 0 Å². The summed E-state index contributed by atoms with van der Waals surface area (Å²) in [5.41, 5.74) is 7.16. The van der Waals surface area contributed by atoms with Crippen molar-refractivity contribution in [1.82, 2.24) is 14.5 Å². The van der Waals surface area contributed by atoms with Crippen molar-refractivity contribution in [1.29, 1.82) is 0 Å². The minimum absolute atomic E-state index is 0. The second kappa shape index (κ2) is 11.0. The molecule has 0 fully saturated rings. The Hall–Kier alpha value is -5.05. The van der Waals surface area contributed by atoms with E-state index >= 15 is 0 Å². The number of aromatic hydroxyl groups is 1. The van der Waals surface area contributed by atoms with Crippen LogP contribution in [-0.2, 0) is 21.1 Å². The molecule has 0 saturated carbocycles. The second-order valence-electron chi connectivity index (χ2n) is 10.4. The van der Waals surface area contributed by atoms with Gasteiger partial charge in [-0.3, -0.25) is 9.55 Å². The van der Waals surface area contributed by atoms with Gasteiger partial charge < -0.3 is 5.11 Å². The summed E-state index contributed by atoms with van der Waals surface area (Å²) in [5.74, 6) is 0.867. The maximum absolute atomic E-state index is 10.9. The number of imidazole rings is 1. The van der Waals surface area contributed by atoms with Gasteiger partial charge in [-0.2, -0.15) is 0 Å². The molecular weight excluding hydrogens is 710 g/mol. The minimum Gasteiger partial charge on any atom is -0.507 e. The zero-order valence-corrected chi connectivity index (χ0v) is 25.2. The zero-order chi connectivity index (χ0) is 28.0. The van der Waals surface area contributed by atoms with Crippen LogP contribution in [0.5, 0.6) is 5.75 Å². The van der Waals surface area contributed by atoms with Crippen molar-refractivity contribution in [3.05, 3.63) is 146 Å². The Morgan fingerprint density at radius 1 is 0.628 bits per heavy atom. The SMILES string of the molecule is Oc1ccccc1-c1nc2c(-c3[c-]c(-c4cc5ccccc5cn4)cc4ccccc34)cccc2n1-c1ccccc1.[Pt]. The number of para-hydroxylation sites is 3. The predicted octanol–water partition coefficient (Wildman–Crippen LogP) is 9.23. The summed E-state index contributed by atoms with van der Waals surface area (Å²) < 4.78 is 2.12. The molecule has 2 heterocycles. The van der Waals surface area contributed by atoms with E-state index in [1.165, 1.54) is 0 Å². The molecule has 0 aliphatic heterocycles. The van der Waals surface area contributed by atoms with E-state index in [1.807, 2.05) is 54.7 Å². The van der Waals surface area contributed by atoms with E-state index in [9.17, 15) is 5.11 Å². The quantitative estimate of drug-likeness (QED) is 0.184. The van der Waals surface area contributed by atoms with Crippen molar-refractivity contribution in [3.8, 4) is 45.2 Å². The minimum atomic E-state index is 0. The molecule has 5 heteroatoms. The van der Waals surface area contributed by atoms with Gasteiger partial charge in [-0.25, -0.2) is 4.98 Å². The number of rotatable bonds is 4. The first kappa shape index (κ1) is 26.8. The summed E-state index contributed by atoms with van der Waals surface area (Å²) in [5, 5.41) is 15.3. The maximum Gasteiger partial charge on any atom is 0.148 e. The number of aromatic nitrogens is 3. The average Bonchev–Trinajstić information content (AvgIpc) is 3.44. The molecule has 0 bridgehead atoms. The topological polar surface area (TPSA) is 50.9 Å². The summed E-state index contributed by atoms with van der Waals surface area (Å²) in [6.07, 6.45) is 1.92. The summed E-state index contributed by atoms with van der Waals surface area (Å²) in [6, 6.07) is 48.4. The van der Waals surface area contributed by atoms with Crippen LogP contribution in [0.3, 0.4) is 0 Å². The van der Waals surface area contributed by atoms with Crippen LogP contribution in [0.25, 0.3) is 72.0 Å². The van der Waals surface area contributed by atoms with Crippen molar-refractivity contribution in [2.75, 3.05) is 0 Å². The third-order valence-corrected chi connectivity index (χ3v) is 7.81. The molecule has 2 aromatic heterocycles. The first-order valence-electron chi connectivity index (χ1n) is 13.9. The molecule has 6 aromatic carbocycles. The van der Waals surface area contributed by atoms with E-state index in [0.29, 0.717) is 11.4 Å². The molecule has 0 atom stereocenters. The summed E-state index contributed by atoms with van der Waals surface area (Å²) in [6.45, 7) is 0. The second-order valence-corrected chi connectivity index (χ2v) is 10.4. The summed E-state index contributed by atoms with van der Waals surface area (Å²) in [7, 11) is 0. The van der Waals surface area contributed by atoms with E-state index in [4.69, 9.17) is 9.97 Å². The van der Waals surface area contributed by atoms with Crippen molar-refractivity contribution in [2.45, 2.75) is 0 Å². The molecule has 0 aliphatic carbocycles. The molecule has 8 rings (SSSR count). The van der Waals surface area contributed by atoms with Crippen LogP contribution in [0.15, 0.2) is 140 Å². The van der Waals surface area contributed by atoms with E-state index < -0.39 is 0 Å². The van der Waals surface area contributed by atoms with E-state index in [1.54, 1.807) is 6.07 Å². The fourth-order valence-corrected chi connectivity index (χ4v) is 5.81. The molecule has 0 aliphatic rings. The zero-order valence-electron chi connectivity index (χ0n) is 22.9. The molecule has 0 radical (unpaired) electrons. The number of benzene rings is 6. The predicted molar refractivity (Wildman–Crippen MR) is 171 cm³/mol. The molecule has 4 nitrogen and oxygen atoms in total. The monoisotopic (exact) mass is 733 g/mol. The molecule has 0 spiro atoms.